The molecule has 0 bridgehead atoms. The summed E-state index contributed by atoms with van der Waals surface area (Å²) in [5.74, 6) is 0. The van der Waals surface area contributed by atoms with Gasteiger partial charge in [0.15, 0.2) is 0 Å². The molecule has 0 aliphatic heterocycles. The van der Waals surface area contributed by atoms with E-state index in [0.29, 0.717) is 5.41 Å². The molecule has 2 heteroatoms. The van der Waals surface area contributed by atoms with Gasteiger partial charge < -0.3 is 5.32 Å². The lowest BCUT2D eigenvalue weighted by molar-refractivity contribution is 0.443. The highest BCUT2D eigenvalue weighted by Crippen LogP contribution is 2.24. The molecule has 0 radical (unpaired) electrons. The van der Waals surface area contributed by atoms with Gasteiger partial charge in [-0.05, 0) is 30.0 Å². The van der Waals surface area contributed by atoms with Gasteiger partial charge in [-0.2, -0.15) is 0 Å². The minimum Gasteiger partial charge on any atom is -0.384 e. The van der Waals surface area contributed by atoms with E-state index in [-0.39, 0.29) is 0 Å². The summed E-state index contributed by atoms with van der Waals surface area (Å²) in [5.41, 5.74) is 2.81. The molecule has 0 heterocycles. The van der Waals surface area contributed by atoms with E-state index in [0.717, 1.165) is 11.0 Å². The van der Waals surface area contributed by atoms with Crippen LogP contribution >= 0.6 is 15.9 Å². The van der Waals surface area contributed by atoms with Crippen LogP contribution in [0.2, 0.25) is 0 Å². The van der Waals surface area contributed by atoms with Crippen LogP contribution in [0.15, 0.2) is 22.7 Å². The lowest BCUT2D eigenvalue weighted by atomic mass is 9.97. The van der Waals surface area contributed by atoms with E-state index in [1.165, 1.54) is 11.3 Å². The van der Waals surface area contributed by atoms with Gasteiger partial charge in [0.2, 0.25) is 0 Å². The molecule has 0 aliphatic rings. The minimum absolute atomic E-state index is 0.314. The number of nitrogens with one attached hydrogen (secondary N) is 1. The molecule has 1 rings (SSSR count). The SMILES string of the molecule is Cc1c(Br)cccc1NCC(C)(C)C. The normalized spacial score (nSPS) is 11.5. The van der Waals surface area contributed by atoms with Crippen LogP contribution < -0.4 is 5.32 Å². The van der Waals surface area contributed by atoms with Gasteiger partial charge in [-0.1, -0.05) is 42.8 Å². The molecular formula is C12H18BrN. The molecule has 0 aliphatic carbocycles. The van der Waals surface area contributed by atoms with Gasteiger partial charge in [0.25, 0.3) is 0 Å². The van der Waals surface area contributed by atoms with Crippen molar-refractivity contribution >= 4 is 21.6 Å². The fourth-order valence-corrected chi connectivity index (χ4v) is 1.53. The van der Waals surface area contributed by atoms with Crippen molar-refractivity contribution < 1.29 is 0 Å². The van der Waals surface area contributed by atoms with Crippen LogP contribution in [-0.4, -0.2) is 6.54 Å². The Hall–Kier alpha value is -0.500. The van der Waals surface area contributed by atoms with Crippen molar-refractivity contribution in [3.8, 4) is 0 Å². The van der Waals surface area contributed by atoms with Crippen molar-refractivity contribution in [3.63, 3.8) is 0 Å². The number of halogens is 1. The lowest BCUT2D eigenvalue weighted by Gasteiger charge is -2.20. The van der Waals surface area contributed by atoms with E-state index in [1.54, 1.807) is 0 Å². The smallest absolute Gasteiger partial charge is 0.0381 e. The summed E-state index contributed by atoms with van der Waals surface area (Å²) < 4.78 is 1.16. The maximum Gasteiger partial charge on any atom is 0.0381 e. The standard InChI is InChI=1S/C12H18BrN/c1-9-10(13)6-5-7-11(9)14-8-12(2,3)4/h5-7,14H,8H2,1-4H3. The first-order chi connectivity index (χ1) is 6.40. The van der Waals surface area contributed by atoms with E-state index in [2.05, 4.69) is 67.1 Å². The highest BCUT2D eigenvalue weighted by Gasteiger charge is 2.10. The fourth-order valence-electron chi connectivity index (χ4n) is 1.16. The van der Waals surface area contributed by atoms with Gasteiger partial charge in [0.1, 0.15) is 0 Å². The molecule has 1 nitrogen and oxygen atoms in total. The predicted molar refractivity (Wildman–Crippen MR) is 66.8 cm³/mol. The molecule has 1 N–H and O–H groups in total. The summed E-state index contributed by atoms with van der Waals surface area (Å²) in [7, 11) is 0. The third-order valence-electron chi connectivity index (χ3n) is 2.08. The molecule has 0 spiro atoms. The average Bonchev–Trinajstić information content (AvgIpc) is 2.06. The minimum atomic E-state index is 0.314. The third-order valence-corrected chi connectivity index (χ3v) is 2.94. The van der Waals surface area contributed by atoms with Crippen LogP contribution in [0.3, 0.4) is 0 Å². The molecule has 0 aromatic heterocycles. The molecule has 0 atom stereocenters. The average molecular weight is 256 g/mol. The van der Waals surface area contributed by atoms with Crippen LogP contribution in [0.25, 0.3) is 0 Å². The van der Waals surface area contributed by atoms with E-state index < -0.39 is 0 Å². The topological polar surface area (TPSA) is 12.0 Å². The Kier molecular flexibility index (Phi) is 3.59. The Balaban J connectivity index is 2.73. The zero-order valence-electron chi connectivity index (χ0n) is 9.32. The van der Waals surface area contributed by atoms with E-state index in [4.69, 9.17) is 0 Å². The number of hydrogen-bond donors (Lipinski definition) is 1. The van der Waals surface area contributed by atoms with Crippen LogP contribution in [0, 0.1) is 12.3 Å². The summed E-state index contributed by atoms with van der Waals surface area (Å²) in [4.78, 5) is 0. The Bertz CT molecular complexity index is 313. The van der Waals surface area contributed by atoms with Gasteiger partial charge in [0, 0.05) is 16.7 Å². The zero-order valence-corrected chi connectivity index (χ0v) is 10.9. The van der Waals surface area contributed by atoms with E-state index in [9.17, 15) is 0 Å². The summed E-state index contributed by atoms with van der Waals surface area (Å²) in [6.07, 6.45) is 0. The van der Waals surface area contributed by atoms with Crippen molar-refractivity contribution in [1.82, 2.24) is 0 Å². The molecule has 14 heavy (non-hydrogen) atoms. The fraction of sp³-hybridized carbons (Fsp3) is 0.500. The van der Waals surface area contributed by atoms with Crippen LogP contribution in [0.4, 0.5) is 5.69 Å². The van der Waals surface area contributed by atoms with Crippen molar-refractivity contribution in [1.29, 1.82) is 0 Å². The first kappa shape index (κ1) is 11.6. The quantitative estimate of drug-likeness (QED) is 0.835. The van der Waals surface area contributed by atoms with Crippen LogP contribution in [0.1, 0.15) is 26.3 Å². The van der Waals surface area contributed by atoms with E-state index in [1.807, 2.05) is 0 Å². The maximum absolute atomic E-state index is 3.53. The number of rotatable bonds is 2. The molecule has 1 aromatic carbocycles. The first-order valence-electron chi connectivity index (χ1n) is 4.89. The van der Waals surface area contributed by atoms with Crippen LogP contribution in [-0.2, 0) is 0 Å². The van der Waals surface area contributed by atoms with E-state index >= 15 is 0 Å². The second kappa shape index (κ2) is 4.35. The van der Waals surface area contributed by atoms with Crippen molar-refractivity contribution in [2.75, 3.05) is 11.9 Å². The molecule has 78 valence electrons. The Morgan fingerprint density at radius 3 is 2.50 bits per heavy atom. The van der Waals surface area contributed by atoms with Crippen molar-refractivity contribution in [2.45, 2.75) is 27.7 Å². The Labute approximate surface area is 95.0 Å². The predicted octanol–water partition coefficient (Wildman–Crippen LogP) is 4.22. The summed E-state index contributed by atoms with van der Waals surface area (Å²) in [5, 5.41) is 3.46. The van der Waals surface area contributed by atoms with Crippen LogP contribution in [0.5, 0.6) is 0 Å². The molecule has 0 saturated carbocycles. The second-order valence-corrected chi connectivity index (χ2v) is 5.68. The highest BCUT2D eigenvalue weighted by molar-refractivity contribution is 9.10. The highest BCUT2D eigenvalue weighted by atomic mass is 79.9. The number of hydrogen-bond acceptors (Lipinski definition) is 1. The molecule has 0 fully saturated rings. The van der Waals surface area contributed by atoms with Crippen molar-refractivity contribution in [2.24, 2.45) is 5.41 Å². The molecule has 0 unspecified atom stereocenters. The largest absolute Gasteiger partial charge is 0.384 e. The third kappa shape index (κ3) is 3.33. The molecule has 1 aromatic rings. The van der Waals surface area contributed by atoms with Gasteiger partial charge in [-0.3, -0.25) is 0 Å². The van der Waals surface area contributed by atoms with Gasteiger partial charge in [-0.15, -0.1) is 0 Å². The number of benzene rings is 1. The number of anilines is 1. The zero-order chi connectivity index (χ0) is 10.8. The Morgan fingerprint density at radius 2 is 1.93 bits per heavy atom. The van der Waals surface area contributed by atoms with Gasteiger partial charge >= 0.3 is 0 Å². The van der Waals surface area contributed by atoms with Gasteiger partial charge in [-0.25, -0.2) is 0 Å². The summed E-state index contributed by atoms with van der Waals surface area (Å²) in [6, 6.07) is 6.24. The van der Waals surface area contributed by atoms with Gasteiger partial charge in [0.05, 0.1) is 0 Å². The molecular weight excluding hydrogens is 238 g/mol. The summed E-state index contributed by atoms with van der Waals surface area (Å²) in [6.45, 7) is 9.80. The second-order valence-electron chi connectivity index (χ2n) is 4.83. The first-order valence-corrected chi connectivity index (χ1v) is 5.68. The monoisotopic (exact) mass is 255 g/mol. The van der Waals surface area contributed by atoms with Crippen molar-refractivity contribution in [3.05, 3.63) is 28.2 Å². The Morgan fingerprint density at radius 1 is 1.29 bits per heavy atom. The maximum atomic E-state index is 3.53. The summed E-state index contributed by atoms with van der Waals surface area (Å²) >= 11 is 3.53. The lowest BCUT2D eigenvalue weighted by Crippen LogP contribution is -2.19. The molecule has 0 amide bonds. The molecule has 0 saturated heterocycles.